The average Bonchev–Trinajstić information content (AvgIpc) is 2.78. The van der Waals surface area contributed by atoms with Crippen molar-refractivity contribution in [2.75, 3.05) is 0 Å². The van der Waals surface area contributed by atoms with Crippen LogP contribution in [0.15, 0.2) is 54.6 Å². The Balaban J connectivity index is 2.17. The smallest absolute Gasteiger partial charge is 0.0246 e. The molecule has 0 spiro atoms. The fourth-order valence-electron chi connectivity index (χ4n) is 2.86. The maximum atomic E-state index is 2.29. The lowest BCUT2D eigenvalue weighted by atomic mass is 9.92. The van der Waals surface area contributed by atoms with E-state index >= 15 is 0 Å². The summed E-state index contributed by atoms with van der Waals surface area (Å²) in [5.74, 6) is 0.407. The fourth-order valence-corrected chi connectivity index (χ4v) is 2.86. The first-order chi connectivity index (χ1) is 9.18. The van der Waals surface area contributed by atoms with Gasteiger partial charge in [-0.3, -0.25) is 0 Å². The van der Waals surface area contributed by atoms with Crippen LogP contribution < -0.4 is 0 Å². The molecule has 1 aromatic heterocycles. The Bertz CT molecular complexity index is 716. The zero-order chi connectivity index (χ0) is 13.4. The maximum absolute atomic E-state index is 2.29. The van der Waals surface area contributed by atoms with Gasteiger partial charge in [0.25, 0.3) is 0 Å². The highest BCUT2D eigenvalue weighted by Gasteiger charge is 2.14. The van der Waals surface area contributed by atoms with Gasteiger partial charge in [-0.1, -0.05) is 49.4 Å². The van der Waals surface area contributed by atoms with Gasteiger partial charge in [0.2, 0.25) is 0 Å². The van der Waals surface area contributed by atoms with Crippen molar-refractivity contribution in [3.05, 3.63) is 71.5 Å². The molecule has 0 aliphatic rings. The van der Waals surface area contributed by atoms with Crippen molar-refractivity contribution in [1.29, 1.82) is 0 Å². The van der Waals surface area contributed by atoms with E-state index in [-0.39, 0.29) is 0 Å². The first-order valence-corrected chi connectivity index (χ1v) is 6.78. The van der Waals surface area contributed by atoms with Crippen LogP contribution in [0.2, 0.25) is 0 Å². The minimum Gasteiger partial charge on any atom is -0.351 e. The highest BCUT2D eigenvalue weighted by molar-refractivity contribution is 5.86. The third-order valence-corrected chi connectivity index (χ3v) is 4.15. The number of hydrogen-bond acceptors (Lipinski definition) is 0. The monoisotopic (exact) mass is 249 g/mol. The summed E-state index contributed by atoms with van der Waals surface area (Å²) in [6.45, 7) is 4.44. The fraction of sp³-hybridized carbons (Fsp3) is 0.222. The minimum atomic E-state index is 0.407. The molecule has 3 aromatic rings. The van der Waals surface area contributed by atoms with Crippen LogP contribution in [0, 0.1) is 6.92 Å². The molecule has 19 heavy (non-hydrogen) atoms. The van der Waals surface area contributed by atoms with Crippen LogP contribution in [0.25, 0.3) is 10.8 Å². The average molecular weight is 249 g/mol. The van der Waals surface area contributed by atoms with E-state index < -0.39 is 0 Å². The van der Waals surface area contributed by atoms with E-state index in [2.05, 4.69) is 80.1 Å². The number of hydrogen-bond donors (Lipinski definition) is 0. The van der Waals surface area contributed by atoms with Crippen LogP contribution in [-0.2, 0) is 7.05 Å². The Hall–Kier alpha value is -2.02. The van der Waals surface area contributed by atoms with Crippen LogP contribution in [0.1, 0.15) is 29.8 Å². The number of rotatable bonds is 2. The standard InChI is InChI=1S/C18H19N/c1-13-11-12-18(19(13)3)14(2)16-10-6-8-15-7-4-5-9-17(15)16/h4-12,14H,1-3H3. The summed E-state index contributed by atoms with van der Waals surface area (Å²) in [5, 5.41) is 2.68. The number of fused-ring (bicyclic) bond motifs is 1. The normalized spacial score (nSPS) is 12.8. The van der Waals surface area contributed by atoms with E-state index in [0.29, 0.717) is 5.92 Å². The Morgan fingerprint density at radius 1 is 0.895 bits per heavy atom. The molecule has 1 heterocycles. The van der Waals surface area contributed by atoms with Gasteiger partial charge in [0.15, 0.2) is 0 Å². The molecular weight excluding hydrogens is 230 g/mol. The first kappa shape index (κ1) is 12.0. The number of nitrogens with zero attached hydrogens (tertiary/aromatic N) is 1. The van der Waals surface area contributed by atoms with Crippen molar-refractivity contribution in [2.24, 2.45) is 7.05 Å². The molecule has 0 N–H and O–H groups in total. The van der Waals surface area contributed by atoms with Crippen LogP contribution in [-0.4, -0.2) is 4.57 Å². The van der Waals surface area contributed by atoms with Gasteiger partial charge < -0.3 is 4.57 Å². The highest BCUT2D eigenvalue weighted by Crippen LogP contribution is 2.30. The Kier molecular flexibility index (Phi) is 2.90. The molecule has 96 valence electrons. The Morgan fingerprint density at radius 3 is 2.37 bits per heavy atom. The second-order valence-corrected chi connectivity index (χ2v) is 5.25. The van der Waals surface area contributed by atoms with Crippen molar-refractivity contribution >= 4 is 10.8 Å². The van der Waals surface area contributed by atoms with E-state index in [1.54, 1.807) is 0 Å². The number of aromatic nitrogens is 1. The molecule has 1 nitrogen and oxygen atoms in total. The van der Waals surface area contributed by atoms with E-state index in [4.69, 9.17) is 0 Å². The molecule has 0 bridgehead atoms. The summed E-state index contributed by atoms with van der Waals surface area (Å²) in [6, 6.07) is 19.6. The van der Waals surface area contributed by atoms with Crippen molar-refractivity contribution in [3.63, 3.8) is 0 Å². The molecule has 1 heteroatoms. The molecule has 1 atom stereocenters. The molecule has 0 aliphatic carbocycles. The van der Waals surface area contributed by atoms with E-state index in [1.807, 2.05) is 0 Å². The van der Waals surface area contributed by atoms with Gasteiger partial charge in [-0.2, -0.15) is 0 Å². The van der Waals surface area contributed by atoms with Crippen molar-refractivity contribution in [2.45, 2.75) is 19.8 Å². The lowest BCUT2D eigenvalue weighted by molar-refractivity contribution is 0.755. The zero-order valence-electron chi connectivity index (χ0n) is 11.7. The molecule has 0 radical (unpaired) electrons. The third-order valence-electron chi connectivity index (χ3n) is 4.15. The highest BCUT2D eigenvalue weighted by atomic mass is 15.0. The predicted molar refractivity (Wildman–Crippen MR) is 81.6 cm³/mol. The third kappa shape index (κ3) is 1.95. The molecule has 0 amide bonds. The number of benzene rings is 2. The van der Waals surface area contributed by atoms with Gasteiger partial charge in [0.1, 0.15) is 0 Å². The summed E-state index contributed by atoms with van der Waals surface area (Å²) >= 11 is 0. The van der Waals surface area contributed by atoms with Gasteiger partial charge >= 0.3 is 0 Å². The van der Waals surface area contributed by atoms with Gasteiger partial charge in [0, 0.05) is 24.4 Å². The topological polar surface area (TPSA) is 4.93 Å². The Morgan fingerprint density at radius 2 is 1.63 bits per heavy atom. The molecule has 2 aromatic carbocycles. The Labute approximate surface area is 114 Å². The van der Waals surface area contributed by atoms with Gasteiger partial charge in [-0.15, -0.1) is 0 Å². The van der Waals surface area contributed by atoms with Gasteiger partial charge in [0.05, 0.1) is 0 Å². The molecular formula is C18H19N. The largest absolute Gasteiger partial charge is 0.351 e. The quantitative estimate of drug-likeness (QED) is 0.623. The van der Waals surface area contributed by atoms with Crippen LogP contribution in [0.4, 0.5) is 0 Å². The zero-order valence-corrected chi connectivity index (χ0v) is 11.7. The molecule has 1 unspecified atom stereocenters. The van der Waals surface area contributed by atoms with Crippen molar-refractivity contribution in [1.82, 2.24) is 4.57 Å². The second-order valence-electron chi connectivity index (χ2n) is 5.25. The molecule has 0 saturated heterocycles. The van der Waals surface area contributed by atoms with Crippen LogP contribution >= 0.6 is 0 Å². The van der Waals surface area contributed by atoms with E-state index in [0.717, 1.165) is 0 Å². The van der Waals surface area contributed by atoms with E-state index in [1.165, 1.54) is 27.7 Å². The van der Waals surface area contributed by atoms with E-state index in [9.17, 15) is 0 Å². The summed E-state index contributed by atoms with van der Waals surface area (Å²) in [5.41, 5.74) is 4.08. The first-order valence-electron chi connectivity index (χ1n) is 6.78. The van der Waals surface area contributed by atoms with Crippen molar-refractivity contribution < 1.29 is 0 Å². The van der Waals surface area contributed by atoms with Gasteiger partial charge in [-0.25, -0.2) is 0 Å². The summed E-state index contributed by atoms with van der Waals surface area (Å²) < 4.78 is 2.28. The lowest BCUT2D eigenvalue weighted by Gasteiger charge is -2.16. The summed E-state index contributed by atoms with van der Waals surface area (Å²) in [4.78, 5) is 0. The molecule has 0 fully saturated rings. The number of aryl methyl sites for hydroxylation is 1. The summed E-state index contributed by atoms with van der Waals surface area (Å²) in [7, 11) is 2.15. The lowest BCUT2D eigenvalue weighted by Crippen LogP contribution is -2.04. The van der Waals surface area contributed by atoms with Crippen molar-refractivity contribution in [3.8, 4) is 0 Å². The maximum Gasteiger partial charge on any atom is 0.0246 e. The minimum absolute atomic E-state index is 0.407. The second kappa shape index (κ2) is 4.58. The SMILES string of the molecule is Cc1ccc(C(C)c2cccc3ccccc23)n1C. The van der Waals surface area contributed by atoms with Crippen LogP contribution in [0.3, 0.4) is 0 Å². The van der Waals surface area contributed by atoms with Crippen LogP contribution in [0.5, 0.6) is 0 Å². The summed E-state index contributed by atoms with van der Waals surface area (Å²) in [6.07, 6.45) is 0. The predicted octanol–water partition coefficient (Wildman–Crippen LogP) is 4.64. The van der Waals surface area contributed by atoms with Gasteiger partial charge in [-0.05, 0) is 35.4 Å². The molecule has 3 rings (SSSR count). The molecule has 0 saturated carbocycles. The molecule has 0 aliphatic heterocycles.